The van der Waals surface area contributed by atoms with Crippen LogP contribution in [0, 0.1) is 0 Å². The molecule has 2 N–H and O–H groups in total. The van der Waals surface area contributed by atoms with Gasteiger partial charge >= 0.3 is 6.18 Å². The number of halogens is 4. The Balaban J connectivity index is 0.00000420. The number of nitrogens with one attached hydrogen (secondary N) is 2. The van der Waals surface area contributed by atoms with Gasteiger partial charge in [0.1, 0.15) is 9.84 Å². The van der Waals surface area contributed by atoms with Crippen molar-refractivity contribution in [3.63, 3.8) is 0 Å². The van der Waals surface area contributed by atoms with Crippen LogP contribution >= 0.6 is 24.0 Å². The third kappa shape index (κ3) is 8.31. The molecule has 0 spiro atoms. The van der Waals surface area contributed by atoms with Crippen molar-refractivity contribution in [1.82, 2.24) is 10.6 Å². The van der Waals surface area contributed by atoms with E-state index in [1.54, 1.807) is 6.07 Å². The lowest BCUT2D eigenvalue weighted by Gasteiger charge is -2.20. The third-order valence-corrected chi connectivity index (χ3v) is 5.82. The molecule has 0 heterocycles. The Hall–Kier alpha value is -1.04. The molecular weight excluding hydrogens is 518 g/mol. The first kappa shape index (κ1) is 26.0. The van der Waals surface area contributed by atoms with E-state index in [-0.39, 0.29) is 41.2 Å². The summed E-state index contributed by atoms with van der Waals surface area (Å²) in [6.07, 6.45) is -1.13. The van der Waals surface area contributed by atoms with Gasteiger partial charge < -0.3 is 10.6 Å². The van der Waals surface area contributed by atoms with E-state index in [9.17, 15) is 21.6 Å². The molecule has 2 rings (SSSR count). The Labute approximate surface area is 187 Å². The highest BCUT2D eigenvalue weighted by Crippen LogP contribution is 2.49. The number of benzene rings is 1. The quantitative estimate of drug-likeness (QED) is 0.296. The van der Waals surface area contributed by atoms with Crippen molar-refractivity contribution in [3.8, 4) is 0 Å². The van der Waals surface area contributed by atoms with E-state index in [2.05, 4.69) is 15.6 Å². The van der Waals surface area contributed by atoms with Crippen LogP contribution in [0.5, 0.6) is 0 Å². The SMILES string of the molecule is CCNC(=NCC1(c2cccc(C(F)(F)F)c2)CC1)NC(C)CCS(C)(=O)=O.I. The van der Waals surface area contributed by atoms with Crippen molar-refractivity contribution in [2.24, 2.45) is 4.99 Å². The van der Waals surface area contributed by atoms with Crippen molar-refractivity contribution in [3.05, 3.63) is 35.4 Å². The molecule has 0 bridgehead atoms. The lowest BCUT2D eigenvalue weighted by atomic mass is 9.94. The molecule has 1 saturated carbocycles. The molecule has 1 aromatic carbocycles. The average Bonchev–Trinajstić information content (AvgIpc) is 3.38. The predicted octanol–water partition coefficient (Wildman–Crippen LogP) is 3.73. The van der Waals surface area contributed by atoms with Gasteiger partial charge in [0.05, 0.1) is 17.9 Å². The molecule has 1 aliphatic carbocycles. The van der Waals surface area contributed by atoms with Gasteiger partial charge in [-0.3, -0.25) is 4.99 Å². The van der Waals surface area contributed by atoms with Crippen LogP contribution in [0.15, 0.2) is 29.3 Å². The Bertz CT molecular complexity index is 809. The molecule has 166 valence electrons. The van der Waals surface area contributed by atoms with Gasteiger partial charge in [0.25, 0.3) is 0 Å². The molecule has 1 atom stereocenters. The van der Waals surface area contributed by atoms with Gasteiger partial charge in [-0.05, 0) is 44.7 Å². The van der Waals surface area contributed by atoms with E-state index < -0.39 is 21.6 Å². The highest BCUT2D eigenvalue weighted by molar-refractivity contribution is 14.0. The molecule has 0 aromatic heterocycles. The highest BCUT2D eigenvalue weighted by Gasteiger charge is 2.45. The molecule has 0 saturated heterocycles. The number of hydrogen-bond acceptors (Lipinski definition) is 3. The van der Waals surface area contributed by atoms with Gasteiger partial charge in [0.15, 0.2) is 5.96 Å². The summed E-state index contributed by atoms with van der Waals surface area (Å²) in [7, 11) is -3.04. The summed E-state index contributed by atoms with van der Waals surface area (Å²) in [6.45, 7) is 4.79. The first-order valence-electron chi connectivity index (χ1n) is 9.35. The van der Waals surface area contributed by atoms with Crippen LogP contribution in [0.2, 0.25) is 0 Å². The Morgan fingerprint density at radius 2 is 1.97 bits per heavy atom. The summed E-state index contributed by atoms with van der Waals surface area (Å²) < 4.78 is 61.6. The second-order valence-electron chi connectivity index (χ2n) is 7.52. The standard InChI is InChI=1S/C19H28F3N3O2S.HI/c1-4-23-17(25-14(2)8-11-28(3,26)27)24-13-18(9-10-18)15-6-5-7-16(12-15)19(20,21)22;/h5-7,12,14H,4,8-11,13H2,1-3H3,(H2,23,24,25);1H. The molecule has 29 heavy (non-hydrogen) atoms. The van der Waals surface area contributed by atoms with Crippen LogP contribution in [0.4, 0.5) is 13.2 Å². The monoisotopic (exact) mass is 547 g/mol. The van der Waals surface area contributed by atoms with Crippen LogP contribution in [0.1, 0.15) is 44.2 Å². The van der Waals surface area contributed by atoms with Crippen molar-refractivity contribution in [1.29, 1.82) is 0 Å². The summed E-state index contributed by atoms with van der Waals surface area (Å²) in [5.41, 5.74) is -0.341. The molecular formula is C19H29F3IN3O2S. The molecule has 5 nitrogen and oxygen atoms in total. The second kappa shape index (κ2) is 10.3. The van der Waals surface area contributed by atoms with Crippen molar-refractivity contribution >= 4 is 39.8 Å². The lowest BCUT2D eigenvalue weighted by Crippen LogP contribution is -2.43. The topological polar surface area (TPSA) is 70.6 Å². The largest absolute Gasteiger partial charge is 0.416 e. The van der Waals surface area contributed by atoms with Crippen LogP contribution < -0.4 is 10.6 Å². The highest BCUT2D eigenvalue weighted by atomic mass is 127. The minimum Gasteiger partial charge on any atom is -0.357 e. The zero-order chi connectivity index (χ0) is 21.0. The number of sulfone groups is 1. The van der Waals surface area contributed by atoms with Crippen LogP contribution in [0.3, 0.4) is 0 Å². The van der Waals surface area contributed by atoms with E-state index in [1.807, 2.05) is 13.8 Å². The van der Waals surface area contributed by atoms with Crippen LogP contribution in [-0.2, 0) is 21.4 Å². The Morgan fingerprint density at radius 1 is 1.31 bits per heavy atom. The number of nitrogens with zero attached hydrogens (tertiary/aromatic N) is 1. The van der Waals surface area contributed by atoms with E-state index in [0.29, 0.717) is 31.0 Å². The second-order valence-corrected chi connectivity index (χ2v) is 9.78. The third-order valence-electron chi connectivity index (χ3n) is 4.84. The maximum atomic E-state index is 13.0. The van der Waals surface area contributed by atoms with Crippen LogP contribution in [-0.4, -0.2) is 45.5 Å². The van der Waals surface area contributed by atoms with Gasteiger partial charge in [-0.1, -0.05) is 18.2 Å². The van der Waals surface area contributed by atoms with Gasteiger partial charge in [-0.2, -0.15) is 13.2 Å². The lowest BCUT2D eigenvalue weighted by molar-refractivity contribution is -0.137. The maximum Gasteiger partial charge on any atom is 0.416 e. The maximum absolute atomic E-state index is 13.0. The minimum absolute atomic E-state index is 0. The fourth-order valence-electron chi connectivity index (χ4n) is 2.96. The first-order chi connectivity index (χ1) is 13.0. The fraction of sp³-hybridized carbons (Fsp3) is 0.632. The summed E-state index contributed by atoms with van der Waals surface area (Å²) >= 11 is 0. The fourth-order valence-corrected chi connectivity index (χ4v) is 3.74. The van der Waals surface area contributed by atoms with Crippen molar-refractivity contribution in [2.75, 3.05) is 25.1 Å². The predicted molar refractivity (Wildman–Crippen MR) is 121 cm³/mol. The van der Waals surface area contributed by atoms with E-state index in [1.165, 1.54) is 18.4 Å². The number of alkyl halides is 3. The minimum atomic E-state index is -4.36. The van der Waals surface area contributed by atoms with Gasteiger partial charge in [0.2, 0.25) is 0 Å². The molecule has 1 fully saturated rings. The Kier molecular flexibility index (Phi) is 9.25. The van der Waals surface area contributed by atoms with Gasteiger partial charge in [-0.25, -0.2) is 8.42 Å². The Morgan fingerprint density at radius 3 is 2.48 bits per heavy atom. The van der Waals surface area contributed by atoms with E-state index >= 15 is 0 Å². The zero-order valence-corrected chi connectivity index (χ0v) is 20.0. The summed E-state index contributed by atoms with van der Waals surface area (Å²) in [4.78, 5) is 4.56. The van der Waals surface area contributed by atoms with Gasteiger partial charge in [0, 0.05) is 24.3 Å². The summed E-state index contributed by atoms with van der Waals surface area (Å²) in [6, 6.07) is 5.37. The number of hydrogen-bond donors (Lipinski definition) is 2. The molecule has 0 radical (unpaired) electrons. The van der Waals surface area contributed by atoms with Crippen molar-refractivity contribution in [2.45, 2.75) is 50.7 Å². The summed E-state index contributed by atoms with van der Waals surface area (Å²) in [5.74, 6) is 0.621. The van der Waals surface area contributed by atoms with E-state index in [4.69, 9.17) is 0 Å². The molecule has 1 aromatic rings. The zero-order valence-electron chi connectivity index (χ0n) is 16.8. The van der Waals surface area contributed by atoms with Crippen molar-refractivity contribution < 1.29 is 21.6 Å². The smallest absolute Gasteiger partial charge is 0.357 e. The molecule has 0 aliphatic heterocycles. The summed E-state index contributed by atoms with van der Waals surface area (Å²) in [5, 5.41) is 6.28. The molecule has 10 heteroatoms. The first-order valence-corrected chi connectivity index (χ1v) is 11.4. The van der Waals surface area contributed by atoms with Crippen LogP contribution in [0.25, 0.3) is 0 Å². The van der Waals surface area contributed by atoms with E-state index in [0.717, 1.165) is 18.9 Å². The number of guanidine groups is 1. The normalized spacial score (nSPS) is 17.2. The average molecular weight is 547 g/mol. The number of aliphatic imine (C=N–C) groups is 1. The molecule has 1 aliphatic rings. The van der Waals surface area contributed by atoms with Gasteiger partial charge in [-0.15, -0.1) is 24.0 Å². The molecule has 1 unspecified atom stereocenters. The molecule has 0 amide bonds. The number of rotatable bonds is 8.